The number of nitrogens with zero attached hydrogens (tertiary/aromatic N) is 6. The predicted octanol–water partition coefficient (Wildman–Crippen LogP) is 3.50. The Kier molecular flexibility index (Phi) is 5.41. The summed E-state index contributed by atoms with van der Waals surface area (Å²) in [4.78, 5) is 8.83. The maximum Gasteiger partial charge on any atom is 0.266 e. The lowest BCUT2D eigenvalue weighted by molar-refractivity contribution is 0.151. The van der Waals surface area contributed by atoms with Crippen LogP contribution in [0.3, 0.4) is 0 Å². The van der Waals surface area contributed by atoms with Crippen LogP contribution < -0.4 is 4.90 Å². The molecular weight excluding hydrogens is 374 g/mol. The first kappa shape index (κ1) is 19.6. The molecule has 152 valence electrons. The minimum Gasteiger partial charge on any atom is -0.351 e. The Hall–Kier alpha value is -2.66. The lowest BCUT2D eigenvalue weighted by Crippen LogP contribution is -2.49. The van der Waals surface area contributed by atoms with Gasteiger partial charge in [-0.05, 0) is 57.8 Å². The quantitative estimate of drug-likeness (QED) is 0.788. The van der Waals surface area contributed by atoms with Gasteiger partial charge in [-0.2, -0.15) is 5.26 Å². The minimum absolute atomic E-state index is 0.111. The van der Waals surface area contributed by atoms with E-state index in [2.05, 4.69) is 32.0 Å². The van der Waals surface area contributed by atoms with Crippen LogP contribution in [0.4, 0.5) is 14.6 Å². The van der Waals surface area contributed by atoms with E-state index in [1.54, 1.807) is 0 Å². The van der Waals surface area contributed by atoms with E-state index >= 15 is 0 Å². The van der Waals surface area contributed by atoms with Crippen LogP contribution in [0.2, 0.25) is 0 Å². The summed E-state index contributed by atoms with van der Waals surface area (Å²) in [6, 6.07) is 3.46. The van der Waals surface area contributed by atoms with Crippen LogP contribution in [0, 0.1) is 18.3 Å². The summed E-state index contributed by atoms with van der Waals surface area (Å²) in [5.41, 5.74) is 2.25. The maximum absolute atomic E-state index is 13.6. The van der Waals surface area contributed by atoms with Crippen LogP contribution in [0.1, 0.15) is 47.9 Å². The Morgan fingerprint density at radius 1 is 1.21 bits per heavy atom. The average molecular weight is 398 g/mol. The highest BCUT2D eigenvalue weighted by Gasteiger charge is 2.31. The number of fused-ring (bicyclic) bond motifs is 1. The van der Waals surface area contributed by atoms with Gasteiger partial charge < -0.3 is 9.80 Å². The molecule has 1 saturated heterocycles. The molecule has 0 aromatic carbocycles. The van der Waals surface area contributed by atoms with Crippen LogP contribution in [0.15, 0.2) is 12.3 Å². The van der Waals surface area contributed by atoms with E-state index in [-0.39, 0.29) is 16.8 Å². The van der Waals surface area contributed by atoms with Crippen molar-refractivity contribution in [2.24, 2.45) is 0 Å². The number of pyridine rings is 1. The lowest BCUT2D eigenvalue weighted by atomic mass is 9.95. The standard InChI is InChI=1S/C21H24F2N6/c1-13-16-6-4-8-29(15-5-3-7-28(2)12-15)21(16)27-26-18(13)19-17(20(22)23)9-14(10-24)11-25-19/h9,11,15,20H,3-8,12H2,1-2H3/t15-/m0/s1. The van der Waals surface area contributed by atoms with Crippen molar-refractivity contribution in [3.63, 3.8) is 0 Å². The first-order valence-electron chi connectivity index (χ1n) is 9.99. The van der Waals surface area contributed by atoms with Gasteiger partial charge in [0.15, 0.2) is 5.82 Å². The molecule has 6 nitrogen and oxygen atoms in total. The van der Waals surface area contributed by atoms with Gasteiger partial charge >= 0.3 is 0 Å². The molecule has 0 aliphatic carbocycles. The number of likely N-dealkylation sites (tertiary alicyclic amines) is 1. The molecule has 29 heavy (non-hydrogen) atoms. The SMILES string of the molecule is Cc1c(-c2ncc(C#N)cc2C(F)F)nnc2c1CCCN2[C@H]1CCCN(C)C1. The fourth-order valence-corrected chi connectivity index (χ4v) is 4.49. The van der Waals surface area contributed by atoms with Gasteiger partial charge in [-0.25, -0.2) is 8.78 Å². The van der Waals surface area contributed by atoms with Crippen molar-refractivity contribution >= 4 is 5.82 Å². The highest BCUT2D eigenvalue weighted by Crippen LogP contribution is 2.36. The molecule has 8 heteroatoms. The second-order valence-corrected chi connectivity index (χ2v) is 7.91. The van der Waals surface area contributed by atoms with E-state index in [0.717, 1.165) is 62.3 Å². The van der Waals surface area contributed by atoms with Gasteiger partial charge in [0.25, 0.3) is 6.43 Å². The van der Waals surface area contributed by atoms with Gasteiger partial charge in [0.1, 0.15) is 11.8 Å². The van der Waals surface area contributed by atoms with Gasteiger partial charge in [-0.15, -0.1) is 10.2 Å². The van der Waals surface area contributed by atoms with Crippen molar-refractivity contribution in [1.82, 2.24) is 20.1 Å². The summed E-state index contributed by atoms with van der Waals surface area (Å²) in [5, 5.41) is 17.8. The molecule has 2 aliphatic heterocycles. The molecule has 4 rings (SSSR count). The van der Waals surface area contributed by atoms with Crippen molar-refractivity contribution < 1.29 is 8.78 Å². The molecule has 4 heterocycles. The summed E-state index contributed by atoms with van der Waals surface area (Å²) < 4.78 is 27.3. The number of nitriles is 1. The summed E-state index contributed by atoms with van der Waals surface area (Å²) in [5.74, 6) is 0.880. The number of hydrogen-bond donors (Lipinski definition) is 0. The van der Waals surface area contributed by atoms with Crippen LogP contribution in [0.5, 0.6) is 0 Å². The molecule has 0 amide bonds. The largest absolute Gasteiger partial charge is 0.351 e. The topological polar surface area (TPSA) is 68.9 Å². The minimum atomic E-state index is -2.74. The Morgan fingerprint density at radius 2 is 2.03 bits per heavy atom. The van der Waals surface area contributed by atoms with E-state index in [1.807, 2.05) is 13.0 Å². The molecule has 2 aromatic rings. The predicted molar refractivity (Wildman–Crippen MR) is 106 cm³/mol. The Balaban J connectivity index is 1.75. The molecule has 2 aliphatic rings. The number of rotatable bonds is 3. The second-order valence-electron chi connectivity index (χ2n) is 7.91. The first-order valence-corrected chi connectivity index (χ1v) is 9.99. The molecule has 0 saturated carbocycles. The zero-order valence-electron chi connectivity index (χ0n) is 16.7. The van der Waals surface area contributed by atoms with Crippen LogP contribution in [-0.4, -0.2) is 52.8 Å². The van der Waals surface area contributed by atoms with Crippen molar-refractivity contribution in [1.29, 1.82) is 5.26 Å². The third-order valence-corrected chi connectivity index (χ3v) is 5.97. The Labute approximate surface area is 169 Å². The van der Waals surface area contributed by atoms with Crippen LogP contribution in [0.25, 0.3) is 11.4 Å². The molecule has 0 radical (unpaired) electrons. The molecule has 0 spiro atoms. The Bertz CT molecular complexity index is 955. The van der Waals surface area contributed by atoms with E-state index in [4.69, 9.17) is 5.26 Å². The van der Waals surface area contributed by atoms with Crippen molar-refractivity contribution in [3.8, 4) is 17.5 Å². The van der Waals surface area contributed by atoms with E-state index in [9.17, 15) is 8.78 Å². The van der Waals surface area contributed by atoms with Gasteiger partial charge in [0.05, 0.1) is 11.3 Å². The van der Waals surface area contributed by atoms with Crippen molar-refractivity contribution in [2.45, 2.75) is 45.1 Å². The van der Waals surface area contributed by atoms with E-state index in [1.165, 1.54) is 12.3 Å². The Morgan fingerprint density at radius 3 is 2.76 bits per heavy atom. The number of alkyl halides is 2. The number of anilines is 1. The van der Waals surface area contributed by atoms with Crippen LogP contribution >= 0.6 is 0 Å². The summed E-state index contributed by atoms with van der Waals surface area (Å²) in [7, 11) is 2.14. The molecule has 0 unspecified atom stereocenters. The number of aromatic nitrogens is 3. The number of likely N-dealkylation sites (N-methyl/N-ethyl adjacent to an activating group) is 1. The molecule has 1 fully saturated rings. The molecule has 0 N–H and O–H groups in total. The number of piperidine rings is 1. The van der Waals surface area contributed by atoms with Gasteiger partial charge in [-0.1, -0.05) is 0 Å². The summed E-state index contributed by atoms with van der Waals surface area (Å²) in [6.07, 6.45) is 2.71. The third-order valence-electron chi connectivity index (χ3n) is 5.97. The second kappa shape index (κ2) is 7.99. The van der Waals surface area contributed by atoms with Gasteiger partial charge in [0, 0.05) is 36.5 Å². The average Bonchev–Trinajstić information content (AvgIpc) is 2.73. The number of halogens is 2. The fourth-order valence-electron chi connectivity index (χ4n) is 4.49. The molecule has 1 atom stereocenters. The van der Waals surface area contributed by atoms with E-state index in [0.29, 0.717) is 11.7 Å². The monoisotopic (exact) mass is 398 g/mol. The normalized spacial score (nSPS) is 19.9. The first-order chi connectivity index (χ1) is 14.0. The van der Waals surface area contributed by atoms with Crippen LogP contribution in [-0.2, 0) is 6.42 Å². The molecular formula is C21H24F2N6. The smallest absolute Gasteiger partial charge is 0.266 e. The van der Waals surface area contributed by atoms with Gasteiger partial charge in [0.2, 0.25) is 0 Å². The fraction of sp³-hybridized carbons (Fsp3) is 0.524. The highest BCUT2D eigenvalue weighted by atomic mass is 19.3. The zero-order chi connectivity index (χ0) is 20.5. The maximum atomic E-state index is 13.6. The summed E-state index contributed by atoms with van der Waals surface area (Å²) >= 11 is 0. The number of hydrogen-bond acceptors (Lipinski definition) is 6. The highest BCUT2D eigenvalue weighted by molar-refractivity contribution is 5.68. The van der Waals surface area contributed by atoms with Crippen molar-refractivity contribution in [3.05, 3.63) is 34.5 Å². The summed E-state index contributed by atoms with van der Waals surface area (Å²) in [6.45, 7) is 4.96. The molecule has 2 aromatic heterocycles. The lowest BCUT2D eigenvalue weighted by Gasteiger charge is -2.41. The van der Waals surface area contributed by atoms with Gasteiger partial charge in [-0.3, -0.25) is 4.98 Å². The van der Waals surface area contributed by atoms with Crippen molar-refractivity contribution in [2.75, 3.05) is 31.6 Å². The van der Waals surface area contributed by atoms with E-state index < -0.39 is 6.43 Å². The third kappa shape index (κ3) is 3.67. The molecule has 0 bridgehead atoms. The zero-order valence-corrected chi connectivity index (χ0v) is 16.7.